The van der Waals surface area contributed by atoms with Gasteiger partial charge in [-0.3, -0.25) is 4.90 Å². The van der Waals surface area contributed by atoms with Gasteiger partial charge in [0.15, 0.2) is 0 Å². The van der Waals surface area contributed by atoms with Crippen LogP contribution in [0.5, 0.6) is 5.75 Å². The highest BCUT2D eigenvalue weighted by atomic mass is 32.2. The van der Waals surface area contributed by atoms with Crippen LogP contribution >= 0.6 is 11.8 Å². The number of rotatable bonds is 3. The number of anilines is 1. The quantitative estimate of drug-likeness (QED) is 0.815. The van der Waals surface area contributed by atoms with Crippen LogP contribution in [-0.4, -0.2) is 36.6 Å². The second kappa shape index (κ2) is 5.46. The van der Waals surface area contributed by atoms with Gasteiger partial charge in [-0.05, 0) is 23.8 Å². The number of hydrogen-bond acceptors (Lipinski definition) is 4. The van der Waals surface area contributed by atoms with Crippen LogP contribution in [0.2, 0.25) is 0 Å². The molecule has 0 bridgehead atoms. The summed E-state index contributed by atoms with van der Waals surface area (Å²) in [4.78, 5) is 2.45. The topological polar surface area (TPSA) is 38.5 Å². The largest absolute Gasteiger partial charge is 0.497 e. The molecule has 0 saturated carbocycles. The summed E-state index contributed by atoms with van der Waals surface area (Å²) in [5, 5.41) is 0. The van der Waals surface area contributed by atoms with E-state index >= 15 is 0 Å². The van der Waals surface area contributed by atoms with Gasteiger partial charge in [0.05, 0.1) is 7.11 Å². The van der Waals surface area contributed by atoms with E-state index in [-0.39, 0.29) is 0 Å². The molecule has 0 radical (unpaired) electrons. The first kappa shape index (κ1) is 11.6. The number of methoxy groups -OCH3 is 1. The normalized spacial score (nSPS) is 17.3. The predicted molar refractivity (Wildman–Crippen MR) is 70.0 cm³/mol. The minimum Gasteiger partial charge on any atom is -0.497 e. The van der Waals surface area contributed by atoms with Crippen molar-refractivity contribution in [2.45, 2.75) is 6.54 Å². The predicted octanol–water partition coefficient (Wildman–Crippen LogP) is 1.83. The van der Waals surface area contributed by atoms with Crippen LogP contribution < -0.4 is 10.5 Å². The van der Waals surface area contributed by atoms with E-state index in [1.54, 1.807) is 7.11 Å². The zero-order valence-corrected chi connectivity index (χ0v) is 10.4. The molecule has 0 aliphatic carbocycles. The van der Waals surface area contributed by atoms with Crippen molar-refractivity contribution in [3.63, 3.8) is 0 Å². The fourth-order valence-electron chi connectivity index (χ4n) is 1.85. The molecule has 1 saturated heterocycles. The summed E-state index contributed by atoms with van der Waals surface area (Å²) in [5.41, 5.74) is 8.01. The molecule has 2 N–H and O–H groups in total. The number of benzene rings is 1. The lowest BCUT2D eigenvalue weighted by atomic mass is 10.1. The van der Waals surface area contributed by atoms with Gasteiger partial charge in [0, 0.05) is 36.8 Å². The van der Waals surface area contributed by atoms with Gasteiger partial charge in [-0.15, -0.1) is 0 Å². The standard InChI is InChI=1S/C12H18N2OS/c1-15-11-2-3-12(13)10(8-11)9-14-4-6-16-7-5-14/h2-3,8H,4-7,9,13H2,1H3. The molecule has 88 valence electrons. The van der Waals surface area contributed by atoms with Gasteiger partial charge in [-0.25, -0.2) is 0 Å². The van der Waals surface area contributed by atoms with Gasteiger partial charge in [0.1, 0.15) is 5.75 Å². The van der Waals surface area contributed by atoms with Crippen molar-refractivity contribution in [3.8, 4) is 5.75 Å². The fraction of sp³-hybridized carbons (Fsp3) is 0.500. The van der Waals surface area contributed by atoms with E-state index in [0.29, 0.717) is 0 Å². The second-order valence-corrected chi connectivity index (χ2v) is 5.18. The Bertz CT molecular complexity index is 351. The van der Waals surface area contributed by atoms with Gasteiger partial charge >= 0.3 is 0 Å². The zero-order valence-electron chi connectivity index (χ0n) is 9.61. The maximum atomic E-state index is 5.97. The number of nitrogen functional groups attached to an aromatic ring is 1. The van der Waals surface area contributed by atoms with Crippen LogP contribution in [0.15, 0.2) is 18.2 Å². The van der Waals surface area contributed by atoms with Crippen molar-refractivity contribution in [2.24, 2.45) is 0 Å². The first-order valence-electron chi connectivity index (χ1n) is 5.52. The van der Waals surface area contributed by atoms with E-state index in [1.807, 2.05) is 30.0 Å². The second-order valence-electron chi connectivity index (χ2n) is 3.95. The smallest absolute Gasteiger partial charge is 0.119 e. The molecule has 0 unspecified atom stereocenters. The highest BCUT2D eigenvalue weighted by Crippen LogP contribution is 2.22. The molecule has 4 heteroatoms. The van der Waals surface area contributed by atoms with E-state index in [2.05, 4.69) is 4.90 Å². The number of hydrogen-bond donors (Lipinski definition) is 1. The number of nitrogens with zero attached hydrogens (tertiary/aromatic N) is 1. The molecular weight excluding hydrogens is 220 g/mol. The van der Waals surface area contributed by atoms with E-state index in [4.69, 9.17) is 10.5 Å². The lowest BCUT2D eigenvalue weighted by Gasteiger charge is -2.26. The molecular formula is C12H18N2OS. The third-order valence-corrected chi connectivity index (χ3v) is 3.79. The van der Waals surface area contributed by atoms with E-state index < -0.39 is 0 Å². The summed E-state index contributed by atoms with van der Waals surface area (Å²) in [6, 6.07) is 5.87. The molecule has 16 heavy (non-hydrogen) atoms. The Hall–Kier alpha value is -0.870. The molecule has 1 aromatic rings. The summed E-state index contributed by atoms with van der Waals surface area (Å²) >= 11 is 2.02. The molecule has 0 aromatic heterocycles. The fourth-order valence-corrected chi connectivity index (χ4v) is 2.82. The third kappa shape index (κ3) is 2.83. The van der Waals surface area contributed by atoms with Gasteiger partial charge in [0.2, 0.25) is 0 Å². The van der Waals surface area contributed by atoms with Crippen LogP contribution in [0.3, 0.4) is 0 Å². The molecule has 0 atom stereocenters. The summed E-state index contributed by atoms with van der Waals surface area (Å²) < 4.78 is 5.22. The molecule has 3 nitrogen and oxygen atoms in total. The number of nitrogens with two attached hydrogens (primary N) is 1. The maximum Gasteiger partial charge on any atom is 0.119 e. The van der Waals surface area contributed by atoms with Crippen molar-refractivity contribution in [3.05, 3.63) is 23.8 Å². The molecule has 0 amide bonds. The van der Waals surface area contributed by atoms with Gasteiger partial charge < -0.3 is 10.5 Å². The Labute approximate surface area is 101 Å². The minimum atomic E-state index is 0.860. The summed E-state index contributed by atoms with van der Waals surface area (Å²) in [6.07, 6.45) is 0. The minimum absolute atomic E-state index is 0.860. The highest BCUT2D eigenvalue weighted by molar-refractivity contribution is 7.99. The van der Waals surface area contributed by atoms with Crippen molar-refractivity contribution in [1.29, 1.82) is 0 Å². The SMILES string of the molecule is COc1ccc(N)c(CN2CCSCC2)c1. The summed E-state index contributed by atoms with van der Waals surface area (Å²) in [5.74, 6) is 3.34. The molecule has 0 spiro atoms. The Morgan fingerprint density at radius 3 is 2.81 bits per heavy atom. The Morgan fingerprint density at radius 1 is 1.38 bits per heavy atom. The first-order valence-corrected chi connectivity index (χ1v) is 6.67. The van der Waals surface area contributed by atoms with E-state index in [9.17, 15) is 0 Å². The molecule has 2 rings (SSSR count). The highest BCUT2D eigenvalue weighted by Gasteiger charge is 2.12. The summed E-state index contributed by atoms with van der Waals surface area (Å²) in [6.45, 7) is 3.24. The number of ether oxygens (including phenoxy) is 1. The molecule has 1 aliphatic rings. The monoisotopic (exact) mass is 238 g/mol. The van der Waals surface area contributed by atoms with E-state index in [1.165, 1.54) is 17.1 Å². The van der Waals surface area contributed by atoms with Crippen molar-refractivity contribution < 1.29 is 4.74 Å². The zero-order chi connectivity index (χ0) is 11.4. The van der Waals surface area contributed by atoms with Crippen molar-refractivity contribution >= 4 is 17.4 Å². The summed E-state index contributed by atoms with van der Waals surface area (Å²) in [7, 11) is 1.69. The third-order valence-electron chi connectivity index (χ3n) is 2.85. The van der Waals surface area contributed by atoms with E-state index in [0.717, 1.165) is 31.1 Å². The molecule has 1 aliphatic heterocycles. The first-order chi connectivity index (χ1) is 7.79. The van der Waals surface area contributed by atoms with Gasteiger partial charge in [-0.1, -0.05) is 0 Å². The van der Waals surface area contributed by atoms with Crippen molar-refractivity contribution in [1.82, 2.24) is 4.90 Å². The number of thioether (sulfide) groups is 1. The molecule has 1 heterocycles. The maximum absolute atomic E-state index is 5.97. The van der Waals surface area contributed by atoms with Crippen LogP contribution in [-0.2, 0) is 6.54 Å². The lowest BCUT2D eigenvalue weighted by molar-refractivity contribution is 0.294. The average molecular weight is 238 g/mol. The Kier molecular flexibility index (Phi) is 3.96. The Balaban J connectivity index is 2.06. The van der Waals surface area contributed by atoms with Crippen LogP contribution in [0, 0.1) is 0 Å². The lowest BCUT2D eigenvalue weighted by Crippen LogP contribution is -2.32. The van der Waals surface area contributed by atoms with Crippen LogP contribution in [0.4, 0.5) is 5.69 Å². The van der Waals surface area contributed by atoms with Crippen LogP contribution in [0.25, 0.3) is 0 Å². The van der Waals surface area contributed by atoms with Crippen molar-refractivity contribution in [2.75, 3.05) is 37.4 Å². The van der Waals surface area contributed by atoms with Gasteiger partial charge in [-0.2, -0.15) is 11.8 Å². The Morgan fingerprint density at radius 2 is 2.12 bits per heavy atom. The van der Waals surface area contributed by atoms with Gasteiger partial charge in [0.25, 0.3) is 0 Å². The van der Waals surface area contributed by atoms with Crippen LogP contribution in [0.1, 0.15) is 5.56 Å². The molecule has 1 fully saturated rings. The average Bonchev–Trinajstić information content (AvgIpc) is 2.33. The molecule has 1 aromatic carbocycles.